The van der Waals surface area contributed by atoms with Crippen molar-refractivity contribution in [3.63, 3.8) is 0 Å². The zero-order chi connectivity index (χ0) is 39.9. The number of carbonyl (C=O) groups is 4. The fourth-order valence-corrected chi connectivity index (χ4v) is 6.45. The van der Waals surface area contributed by atoms with E-state index < -0.39 is 11.2 Å². The first kappa shape index (κ1) is 49.8. The van der Waals surface area contributed by atoms with Gasteiger partial charge in [-0.2, -0.15) is 0 Å². The Hall–Kier alpha value is -2.20. The Morgan fingerprint density at radius 1 is 0.481 bits per heavy atom. The van der Waals surface area contributed by atoms with Gasteiger partial charge >= 0.3 is 23.9 Å². The molecule has 10 heteroatoms. The van der Waals surface area contributed by atoms with Crippen molar-refractivity contribution in [2.24, 2.45) is 5.41 Å². The highest BCUT2D eigenvalue weighted by molar-refractivity contribution is 5.70. The molecule has 0 amide bonds. The number of ether oxygens (including phenoxy) is 6. The third kappa shape index (κ3) is 27.4. The van der Waals surface area contributed by atoms with Gasteiger partial charge in [0.25, 0.3) is 0 Å². The molecule has 1 heterocycles. The highest BCUT2D eigenvalue weighted by Crippen LogP contribution is 2.31. The summed E-state index contributed by atoms with van der Waals surface area (Å²) in [5.41, 5.74) is -0.778. The summed E-state index contributed by atoms with van der Waals surface area (Å²) in [6, 6.07) is 0. The third-order valence-electron chi connectivity index (χ3n) is 10.1. The molecule has 0 saturated carbocycles. The van der Waals surface area contributed by atoms with Gasteiger partial charge in [0.2, 0.25) is 0 Å². The van der Waals surface area contributed by atoms with Gasteiger partial charge in [-0.1, -0.05) is 104 Å². The fourth-order valence-electron chi connectivity index (χ4n) is 6.45. The van der Waals surface area contributed by atoms with Gasteiger partial charge in [-0.15, -0.1) is 0 Å². The van der Waals surface area contributed by atoms with Gasteiger partial charge in [-0.3, -0.25) is 19.2 Å². The molecule has 1 saturated heterocycles. The molecule has 1 aliphatic rings. The van der Waals surface area contributed by atoms with Crippen molar-refractivity contribution >= 4 is 23.9 Å². The third-order valence-corrected chi connectivity index (χ3v) is 10.1. The number of rotatable bonds is 34. The number of unbranched alkanes of at least 4 members (excludes halogenated alkanes) is 16. The van der Waals surface area contributed by atoms with E-state index >= 15 is 0 Å². The van der Waals surface area contributed by atoms with E-state index in [1.807, 2.05) is 27.7 Å². The molecule has 54 heavy (non-hydrogen) atoms. The second-order valence-electron chi connectivity index (χ2n) is 16.3. The van der Waals surface area contributed by atoms with Gasteiger partial charge in [0.15, 0.2) is 5.79 Å². The summed E-state index contributed by atoms with van der Waals surface area (Å²) >= 11 is 0. The average Bonchev–Trinajstić information content (AvgIpc) is 3.13. The van der Waals surface area contributed by atoms with E-state index in [4.69, 9.17) is 28.4 Å². The van der Waals surface area contributed by atoms with Crippen LogP contribution in [0.2, 0.25) is 0 Å². The van der Waals surface area contributed by atoms with Gasteiger partial charge < -0.3 is 28.4 Å². The Bertz CT molecular complexity index is 920. The maximum absolute atomic E-state index is 12.6. The summed E-state index contributed by atoms with van der Waals surface area (Å²) in [5, 5.41) is 0. The van der Waals surface area contributed by atoms with Crippen molar-refractivity contribution in [3.8, 4) is 0 Å². The molecule has 0 bridgehead atoms. The molecule has 0 aromatic carbocycles. The minimum Gasteiger partial charge on any atom is -0.465 e. The van der Waals surface area contributed by atoms with E-state index in [1.165, 1.54) is 64.2 Å². The number of hydrogen-bond acceptors (Lipinski definition) is 10. The van der Waals surface area contributed by atoms with Crippen molar-refractivity contribution in [1.82, 2.24) is 0 Å². The summed E-state index contributed by atoms with van der Waals surface area (Å²) in [6.45, 7) is 12.6. The van der Waals surface area contributed by atoms with E-state index in [9.17, 15) is 19.2 Å². The average molecular weight is 769 g/mol. The Morgan fingerprint density at radius 2 is 0.796 bits per heavy atom. The monoisotopic (exact) mass is 769 g/mol. The zero-order valence-electron chi connectivity index (χ0n) is 35.5. The normalized spacial score (nSPS) is 16.0. The van der Waals surface area contributed by atoms with Crippen LogP contribution in [0.25, 0.3) is 0 Å². The predicted octanol–water partition coefficient (Wildman–Crippen LogP) is 10.9. The Morgan fingerprint density at radius 3 is 1.17 bits per heavy atom. The van der Waals surface area contributed by atoms with Crippen molar-refractivity contribution in [1.29, 1.82) is 0 Å². The Balaban J connectivity index is 2.22. The Kier molecular flexibility index (Phi) is 28.6. The van der Waals surface area contributed by atoms with Crippen LogP contribution >= 0.6 is 0 Å². The second kappa shape index (κ2) is 31.0. The standard InChI is InChI=1S/C44H80O10/c1-7-9-11-13-15-21-27-37(3)53-41(47)31-25-19-17-23-29-39(45)49-33-44(35-51-43(5,6)52-36-44)34-50-40(46)30-24-18-20-26-32-42(48)54-38(4)28-22-16-14-12-10-8-2/h37-38H,7-36H2,1-6H3. The molecule has 2 unspecified atom stereocenters. The lowest BCUT2D eigenvalue weighted by atomic mass is 9.91. The highest BCUT2D eigenvalue weighted by Gasteiger charge is 2.42. The minimum absolute atomic E-state index is 0.0334. The largest absolute Gasteiger partial charge is 0.465 e. The van der Waals surface area contributed by atoms with Gasteiger partial charge in [-0.25, -0.2) is 0 Å². The first-order chi connectivity index (χ1) is 25.9. The molecule has 0 radical (unpaired) electrons. The van der Waals surface area contributed by atoms with Crippen molar-refractivity contribution in [2.45, 2.75) is 226 Å². The van der Waals surface area contributed by atoms with Crippen LogP contribution in [0.4, 0.5) is 0 Å². The summed E-state index contributed by atoms with van der Waals surface area (Å²) in [4.78, 5) is 49.6. The Labute approximate surface area is 329 Å². The second-order valence-corrected chi connectivity index (χ2v) is 16.3. The molecule has 0 N–H and O–H groups in total. The van der Waals surface area contributed by atoms with Gasteiger partial charge in [0.05, 0.1) is 30.8 Å². The predicted molar refractivity (Wildman–Crippen MR) is 213 cm³/mol. The molecule has 0 spiro atoms. The van der Waals surface area contributed by atoms with Gasteiger partial charge in [0, 0.05) is 25.7 Å². The van der Waals surface area contributed by atoms with Crippen molar-refractivity contribution in [3.05, 3.63) is 0 Å². The van der Waals surface area contributed by atoms with Gasteiger partial charge in [0.1, 0.15) is 13.2 Å². The maximum Gasteiger partial charge on any atom is 0.306 e. The molecule has 0 aliphatic carbocycles. The van der Waals surface area contributed by atoms with Crippen molar-refractivity contribution in [2.75, 3.05) is 26.4 Å². The summed E-state index contributed by atoms with van der Waals surface area (Å²) in [5.74, 6) is -1.68. The van der Waals surface area contributed by atoms with Crippen LogP contribution in [0.5, 0.6) is 0 Å². The summed E-state index contributed by atoms with van der Waals surface area (Å²) < 4.78 is 34.1. The van der Waals surface area contributed by atoms with E-state index in [2.05, 4.69) is 13.8 Å². The van der Waals surface area contributed by atoms with E-state index in [-0.39, 0.29) is 75.4 Å². The van der Waals surface area contributed by atoms with Crippen LogP contribution in [0.3, 0.4) is 0 Å². The molecule has 1 rings (SSSR count). The lowest BCUT2D eigenvalue weighted by Gasteiger charge is -2.42. The van der Waals surface area contributed by atoms with E-state index in [1.54, 1.807) is 0 Å². The lowest BCUT2D eigenvalue weighted by molar-refractivity contribution is -0.296. The molecular formula is C44H80O10. The van der Waals surface area contributed by atoms with Crippen LogP contribution in [0.15, 0.2) is 0 Å². The lowest BCUT2D eigenvalue weighted by Crippen LogP contribution is -2.51. The SMILES string of the molecule is CCCCCCCCC(C)OC(=O)CCCCCCC(=O)OCC1(COC(=O)CCCCCCC(=O)OC(C)CCCCCCCC)COC(C)(C)OC1. The van der Waals surface area contributed by atoms with Crippen LogP contribution < -0.4 is 0 Å². The minimum atomic E-state index is -0.778. The van der Waals surface area contributed by atoms with Crippen LogP contribution in [-0.2, 0) is 47.6 Å². The molecule has 10 nitrogen and oxygen atoms in total. The first-order valence-corrected chi connectivity index (χ1v) is 21.9. The molecule has 2 atom stereocenters. The maximum atomic E-state index is 12.6. The van der Waals surface area contributed by atoms with Crippen LogP contribution in [0.1, 0.15) is 208 Å². The van der Waals surface area contributed by atoms with E-state index in [0.29, 0.717) is 25.7 Å². The van der Waals surface area contributed by atoms with Gasteiger partial charge in [-0.05, 0) is 79.1 Å². The number of esters is 4. The molecule has 316 valence electrons. The molecule has 1 fully saturated rings. The number of carbonyl (C=O) groups excluding carboxylic acids is 4. The topological polar surface area (TPSA) is 124 Å². The van der Waals surface area contributed by atoms with Crippen molar-refractivity contribution < 1.29 is 47.6 Å². The summed E-state index contributed by atoms with van der Waals surface area (Å²) in [6.07, 6.45) is 24.0. The zero-order valence-corrected chi connectivity index (χ0v) is 35.5. The quantitative estimate of drug-likeness (QED) is 0.0355. The molecular weight excluding hydrogens is 688 g/mol. The highest BCUT2D eigenvalue weighted by atomic mass is 16.7. The first-order valence-electron chi connectivity index (χ1n) is 21.9. The molecule has 0 aromatic rings. The van der Waals surface area contributed by atoms with E-state index in [0.717, 1.165) is 64.2 Å². The van der Waals surface area contributed by atoms with Crippen LogP contribution in [-0.4, -0.2) is 68.3 Å². The summed E-state index contributed by atoms with van der Waals surface area (Å²) in [7, 11) is 0. The fraction of sp³-hybridized carbons (Fsp3) is 0.909. The smallest absolute Gasteiger partial charge is 0.306 e. The molecule has 1 aliphatic heterocycles. The van der Waals surface area contributed by atoms with Crippen LogP contribution in [0, 0.1) is 5.41 Å². The molecule has 0 aromatic heterocycles. The number of hydrogen-bond donors (Lipinski definition) is 0.